The second-order valence-corrected chi connectivity index (χ2v) is 7.67. The first-order chi connectivity index (χ1) is 14.6. The van der Waals surface area contributed by atoms with E-state index in [1.807, 2.05) is 29.2 Å². The van der Waals surface area contributed by atoms with Crippen LogP contribution in [-0.4, -0.2) is 48.0 Å². The fourth-order valence-corrected chi connectivity index (χ4v) is 3.60. The molecule has 0 bridgehead atoms. The van der Waals surface area contributed by atoms with Crippen LogP contribution in [0.25, 0.3) is 0 Å². The Balaban J connectivity index is 1.45. The van der Waals surface area contributed by atoms with Gasteiger partial charge in [0.05, 0.1) is 6.26 Å². The maximum atomic E-state index is 12.4. The molecule has 160 valence electrons. The molecule has 2 amide bonds. The molecule has 0 spiro atoms. The lowest BCUT2D eigenvalue weighted by Gasteiger charge is -2.35. The van der Waals surface area contributed by atoms with Crippen LogP contribution >= 0.6 is 12.2 Å². The molecule has 2 N–H and O–H groups in total. The van der Waals surface area contributed by atoms with Gasteiger partial charge in [-0.3, -0.25) is 9.59 Å². The van der Waals surface area contributed by atoms with E-state index in [0.29, 0.717) is 30.4 Å². The Kier molecular flexibility index (Phi) is 7.84. The van der Waals surface area contributed by atoms with Crippen molar-refractivity contribution in [1.82, 2.24) is 10.2 Å². The number of anilines is 2. The van der Waals surface area contributed by atoms with Crippen LogP contribution < -0.4 is 15.5 Å². The summed E-state index contributed by atoms with van der Waals surface area (Å²) < 4.78 is 5.20. The van der Waals surface area contributed by atoms with Gasteiger partial charge in [0.15, 0.2) is 10.9 Å². The minimum atomic E-state index is -0.0653. The zero-order valence-electron chi connectivity index (χ0n) is 17.2. The SMILES string of the molecule is CCCCCC(=O)NC(=S)Nc1ccc(N2CCN(C(=O)c3ccco3)CC2)cc1. The second kappa shape index (κ2) is 10.8. The molecule has 8 heteroatoms. The number of hydrogen-bond donors (Lipinski definition) is 2. The molecule has 2 aromatic rings. The average Bonchev–Trinajstić information content (AvgIpc) is 3.29. The zero-order chi connectivity index (χ0) is 21.3. The highest BCUT2D eigenvalue weighted by molar-refractivity contribution is 7.80. The largest absolute Gasteiger partial charge is 0.459 e. The fourth-order valence-electron chi connectivity index (χ4n) is 3.37. The van der Waals surface area contributed by atoms with Gasteiger partial charge in [-0.15, -0.1) is 0 Å². The van der Waals surface area contributed by atoms with Gasteiger partial charge in [-0.05, 0) is 55.0 Å². The number of carbonyl (C=O) groups excluding carboxylic acids is 2. The van der Waals surface area contributed by atoms with E-state index in [1.54, 1.807) is 12.1 Å². The molecule has 1 aromatic carbocycles. The first kappa shape index (κ1) is 21.8. The van der Waals surface area contributed by atoms with E-state index in [1.165, 1.54) is 6.26 Å². The molecule has 1 aromatic heterocycles. The summed E-state index contributed by atoms with van der Waals surface area (Å²) in [6, 6.07) is 11.3. The van der Waals surface area contributed by atoms with E-state index >= 15 is 0 Å². The van der Waals surface area contributed by atoms with Crippen molar-refractivity contribution >= 4 is 40.5 Å². The lowest BCUT2D eigenvalue weighted by atomic mass is 10.2. The van der Waals surface area contributed by atoms with Crippen LogP contribution in [0.3, 0.4) is 0 Å². The van der Waals surface area contributed by atoms with Crippen molar-refractivity contribution in [3.63, 3.8) is 0 Å². The molecule has 7 nitrogen and oxygen atoms in total. The van der Waals surface area contributed by atoms with Crippen molar-refractivity contribution in [2.45, 2.75) is 32.6 Å². The Bertz CT molecular complexity index is 844. The van der Waals surface area contributed by atoms with E-state index in [0.717, 1.165) is 43.7 Å². The van der Waals surface area contributed by atoms with Gasteiger partial charge in [-0.25, -0.2) is 0 Å². The van der Waals surface area contributed by atoms with E-state index < -0.39 is 0 Å². The summed E-state index contributed by atoms with van der Waals surface area (Å²) in [6.07, 6.45) is 5.00. The summed E-state index contributed by atoms with van der Waals surface area (Å²) in [5.74, 6) is 0.260. The minimum Gasteiger partial charge on any atom is -0.459 e. The minimum absolute atomic E-state index is 0.0560. The molecule has 30 heavy (non-hydrogen) atoms. The van der Waals surface area contributed by atoms with Crippen molar-refractivity contribution in [2.75, 3.05) is 36.4 Å². The van der Waals surface area contributed by atoms with Crippen LogP contribution in [0, 0.1) is 0 Å². The third-order valence-electron chi connectivity index (χ3n) is 5.05. The average molecular weight is 429 g/mol. The summed E-state index contributed by atoms with van der Waals surface area (Å²) in [4.78, 5) is 28.3. The lowest BCUT2D eigenvalue weighted by Crippen LogP contribution is -2.48. The third kappa shape index (κ3) is 6.06. The van der Waals surface area contributed by atoms with Gasteiger partial charge in [-0.1, -0.05) is 19.8 Å². The Morgan fingerprint density at radius 2 is 1.80 bits per heavy atom. The van der Waals surface area contributed by atoms with E-state index in [4.69, 9.17) is 16.6 Å². The molecule has 1 aliphatic rings. The molecule has 0 atom stereocenters. The van der Waals surface area contributed by atoms with Gasteiger partial charge in [-0.2, -0.15) is 0 Å². The predicted molar refractivity (Wildman–Crippen MR) is 122 cm³/mol. The molecule has 1 aliphatic heterocycles. The van der Waals surface area contributed by atoms with Crippen LogP contribution in [0.4, 0.5) is 11.4 Å². The molecule has 1 saturated heterocycles. The van der Waals surface area contributed by atoms with Crippen molar-refractivity contribution in [2.24, 2.45) is 0 Å². The fraction of sp³-hybridized carbons (Fsp3) is 0.409. The Labute approximate surface area is 182 Å². The number of benzene rings is 1. The standard InChI is InChI=1S/C22H28N4O3S/c1-2-3-4-7-20(27)24-22(30)23-17-8-10-18(11-9-17)25-12-14-26(15-13-25)21(28)19-6-5-16-29-19/h5-6,8-11,16H,2-4,7,12-15H2,1H3,(H2,23,24,27,30). The normalized spacial score (nSPS) is 13.8. The van der Waals surface area contributed by atoms with Crippen molar-refractivity contribution < 1.29 is 14.0 Å². The van der Waals surface area contributed by atoms with E-state index in [9.17, 15) is 9.59 Å². The third-order valence-corrected chi connectivity index (χ3v) is 5.25. The van der Waals surface area contributed by atoms with Gasteiger partial charge in [0.1, 0.15) is 0 Å². The quantitative estimate of drug-likeness (QED) is 0.518. The molecule has 3 rings (SSSR count). The maximum absolute atomic E-state index is 12.4. The topological polar surface area (TPSA) is 77.8 Å². The van der Waals surface area contributed by atoms with Crippen molar-refractivity contribution in [1.29, 1.82) is 0 Å². The van der Waals surface area contributed by atoms with E-state index in [2.05, 4.69) is 22.5 Å². The number of hydrogen-bond acceptors (Lipinski definition) is 5. The molecule has 0 saturated carbocycles. The van der Waals surface area contributed by atoms with Gasteiger partial charge in [0.2, 0.25) is 5.91 Å². The lowest BCUT2D eigenvalue weighted by molar-refractivity contribution is -0.119. The molecule has 2 heterocycles. The number of nitrogens with zero attached hydrogens (tertiary/aromatic N) is 2. The summed E-state index contributed by atoms with van der Waals surface area (Å²) in [5.41, 5.74) is 1.91. The van der Waals surface area contributed by atoms with Crippen LogP contribution in [0.1, 0.15) is 43.2 Å². The zero-order valence-corrected chi connectivity index (χ0v) is 18.0. The van der Waals surface area contributed by atoms with Crippen LogP contribution in [0.5, 0.6) is 0 Å². The van der Waals surface area contributed by atoms with Crippen LogP contribution in [-0.2, 0) is 4.79 Å². The van der Waals surface area contributed by atoms with Crippen LogP contribution in [0.15, 0.2) is 47.1 Å². The molecular formula is C22H28N4O3S. The number of carbonyl (C=O) groups is 2. The number of furan rings is 1. The summed E-state index contributed by atoms with van der Waals surface area (Å²) in [5, 5.41) is 6.08. The number of piperazine rings is 1. The number of rotatable bonds is 7. The highest BCUT2D eigenvalue weighted by Gasteiger charge is 2.23. The van der Waals surface area contributed by atoms with Gasteiger partial charge >= 0.3 is 0 Å². The number of amides is 2. The molecule has 0 unspecified atom stereocenters. The molecular weight excluding hydrogens is 400 g/mol. The smallest absolute Gasteiger partial charge is 0.289 e. The van der Waals surface area contributed by atoms with Crippen LogP contribution in [0.2, 0.25) is 0 Å². The van der Waals surface area contributed by atoms with Gasteiger partial charge in [0, 0.05) is 44.0 Å². The van der Waals surface area contributed by atoms with E-state index in [-0.39, 0.29) is 11.8 Å². The van der Waals surface area contributed by atoms with Gasteiger partial charge in [0.25, 0.3) is 5.91 Å². The Morgan fingerprint density at radius 3 is 2.43 bits per heavy atom. The van der Waals surface area contributed by atoms with Crippen molar-refractivity contribution in [3.05, 3.63) is 48.4 Å². The summed E-state index contributed by atoms with van der Waals surface area (Å²) in [6.45, 7) is 4.91. The number of thiocarbonyl (C=S) groups is 1. The Hall–Kier alpha value is -2.87. The maximum Gasteiger partial charge on any atom is 0.289 e. The monoisotopic (exact) mass is 428 g/mol. The summed E-state index contributed by atoms with van der Waals surface area (Å²) in [7, 11) is 0. The molecule has 0 radical (unpaired) electrons. The molecule has 1 fully saturated rings. The first-order valence-electron chi connectivity index (χ1n) is 10.4. The second-order valence-electron chi connectivity index (χ2n) is 7.26. The number of nitrogens with one attached hydrogen (secondary N) is 2. The molecule has 0 aliphatic carbocycles. The Morgan fingerprint density at radius 1 is 1.07 bits per heavy atom. The predicted octanol–water partition coefficient (Wildman–Crippen LogP) is 3.64. The number of unbranched alkanes of at least 4 members (excludes halogenated alkanes) is 2. The highest BCUT2D eigenvalue weighted by Crippen LogP contribution is 2.20. The van der Waals surface area contributed by atoms with Gasteiger partial charge < -0.3 is 24.9 Å². The van der Waals surface area contributed by atoms with Crippen molar-refractivity contribution in [3.8, 4) is 0 Å². The highest BCUT2D eigenvalue weighted by atomic mass is 32.1. The first-order valence-corrected chi connectivity index (χ1v) is 10.8. The summed E-state index contributed by atoms with van der Waals surface area (Å²) >= 11 is 5.22.